The first-order valence-electron chi connectivity index (χ1n) is 6.85. The molecule has 8 heteroatoms. The smallest absolute Gasteiger partial charge is 0.335 e. The van der Waals surface area contributed by atoms with E-state index in [0.717, 1.165) is 0 Å². The van der Waals surface area contributed by atoms with Gasteiger partial charge in [0.05, 0.1) is 11.8 Å². The first kappa shape index (κ1) is 15.8. The van der Waals surface area contributed by atoms with Crippen LogP contribution in [0.2, 0.25) is 0 Å². The predicted octanol–water partition coefficient (Wildman–Crippen LogP) is 3.33. The Bertz CT molecular complexity index is 959. The van der Waals surface area contributed by atoms with Gasteiger partial charge in [-0.25, -0.2) is 14.3 Å². The first-order valence-corrected chi connectivity index (χ1v) is 7.26. The Balaban J connectivity index is 1.92. The maximum Gasteiger partial charge on any atom is 0.335 e. The Morgan fingerprint density at radius 2 is 1.88 bits per heavy atom. The number of rotatable bonds is 4. The molecule has 0 aliphatic rings. The number of aromatic amines is 1. The van der Waals surface area contributed by atoms with Crippen LogP contribution in [0, 0.1) is 10.6 Å². The SMILES string of the molecule is O=C(O)c1ccc(/C=N/n2c(-c3ccc(F)cc3)n[nH]c2=S)cc1. The molecule has 2 N–H and O–H groups in total. The Morgan fingerprint density at radius 1 is 1.21 bits per heavy atom. The van der Waals surface area contributed by atoms with E-state index in [1.165, 1.54) is 35.2 Å². The fourth-order valence-corrected chi connectivity index (χ4v) is 2.20. The minimum absolute atomic E-state index is 0.194. The average molecular weight is 342 g/mol. The van der Waals surface area contributed by atoms with E-state index in [2.05, 4.69) is 15.3 Å². The van der Waals surface area contributed by atoms with Crippen LogP contribution >= 0.6 is 12.2 Å². The summed E-state index contributed by atoms with van der Waals surface area (Å²) >= 11 is 5.15. The molecule has 0 spiro atoms. The fraction of sp³-hybridized carbons (Fsp3) is 0. The summed E-state index contributed by atoms with van der Waals surface area (Å²) in [5.41, 5.74) is 1.55. The molecule has 0 unspecified atom stereocenters. The van der Waals surface area contributed by atoms with Crippen LogP contribution in [0.4, 0.5) is 4.39 Å². The number of hydrogen-bond donors (Lipinski definition) is 2. The molecule has 6 nitrogen and oxygen atoms in total. The highest BCUT2D eigenvalue weighted by Crippen LogP contribution is 2.17. The lowest BCUT2D eigenvalue weighted by molar-refractivity contribution is 0.0697. The van der Waals surface area contributed by atoms with Crippen LogP contribution in [0.3, 0.4) is 0 Å². The maximum atomic E-state index is 13.0. The van der Waals surface area contributed by atoms with Gasteiger partial charge < -0.3 is 5.11 Å². The number of aromatic nitrogens is 3. The Labute approximate surface area is 140 Å². The monoisotopic (exact) mass is 342 g/mol. The lowest BCUT2D eigenvalue weighted by Gasteiger charge is -2.01. The number of carboxylic acid groups (broad SMARTS) is 1. The molecule has 120 valence electrons. The summed E-state index contributed by atoms with van der Waals surface area (Å²) in [7, 11) is 0. The molecule has 24 heavy (non-hydrogen) atoms. The molecule has 0 saturated heterocycles. The fourth-order valence-electron chi connectivity index (χ4n) is 2.02. The number of H-pyrrole nitrogens is 1. The van der Waals surface area contributed by atoms with Crippen LogP contribution in [-0.4, -0.2) is 32.2 Å². The van der Waals surface area contributed by atoms with E-state index in [1.807, 2.05) is 0 Å². The predicted molar refractivity (Wildman–Crippen MR) is 89.2 cm³/mol. The van der Waals surface area contributed by atoms with E-state index in [4.69, 9.17) is 17.3 Å². The van der Waals surface area contributed by atoms with Gasteiger partial charge in [-0.2, -0.15) is 14.9 Å². The Kier molecular flexibility index (Phi) is 4.30. The van der Waals surface area contributed by atoms with Crippen molar-refractivity contribution in [2.24, 2.45) is 5.10 Å². The first-order chi connectivity index (χ1) is 11.5. The normalized spacial score (nSPS) is 11.0. The summed E-state index contributed by atoms with van der Waals surface area (Å²) in [6, 6.07) is 12.0. The zero-order valence-corrected chi connectivity index (χ0v) is 13.0. The van der Waals surface area contributed by atoms with Gasteiger partial charge in [0, 0.05) is 5.56 Å². The standard InChI is InChI=1S/C16H11FN4O2S/c17-13-7-5-11(6-8-13)14-19-20-16(24)21(14)18-9-10-1-3-12(4-2-10)15(22)23/h1-9H,(H,20,24)(H,22,23)/b18-9+. The zero-order valence-electron chi connectivity index (χ0n) is 12.2. The lowest BCUT2D eigenvalue weighted by Crippen LogP contribution is -1.97. The van der Waals surface area contributed by atoms with Gasteiger partial charge in [0.25, 0.3) is 0 Å². The Hall–Kier alpha value is -3.13. The summed E-state index contributed by atoms with van der Waals surface area (Å²) in [6.45, 7) is 0. The van der Waals surface area contributed by atoms with Crippen LogP contribution in [0.25, 0.3) is 11.4 Å². The number of nitrogens with zero attached hydrogens (tertiary/aromatic N) is 3. The van der Waals surface area contributed by atoms with Crippen LogP contribution in [0.5, 0.6) is 0 Å². The molecule has 0 saturated carbocycles. The molecule has 3 rings (SSSR count). The van der Waals surface area contributed by atoms with Gasteiger partial charge in [0.2, 0.25) is 4.77 Å². The average Bonchev–Trinajstić information content (AvgIpc) is 2.95. The van der Waals surface area contributed by atoms with Crippen molar-refractivity contribution >= 4 is 24.4 Å². The molecular formula is C16H11FN4O2S. The molecule has 0 aliphatic carbocycles. The van der Waals surface area contributed by atoms with Crippen LogP contribution in [0.1, 0.15) is 15.9 Å². The molecule has 1 aromatic heterocycles. The highest BCUT2D eigenvalue weighted by atomic mass is 32.1. The van der Waals surface area contributed by atoms with E-state index in [1.54, 1.807) is 24.3 Å². The number of carboxylic acids is 1. The number of halogens is 1. The lowest BCUT2D eigenvalue weighted by atomic mass is 10.1. The molecule has 0 amide bonds. The highest BCUT2D eigenvalue weighted by Gasteiger charge is 2.08. The van der Waals surface area contributed by atoms with Crippen molar-refractivity contribution in [3.63, 3.8) is 0 Å². The second kappa shape index (κ2) is 6.55. The topological polar surface area (TPSA) is 83.3 Å². The van der Waals surface area contributed by atoms with Gasteiger partial charge in [-0.3, -0.25) is 0 Å². The quantitative estimate of drug-likeness (QED) is 0.563. The van der Waals surface area contributed by atoms with Crippen molar-refractivity contribution in [1.29, 1.82) is 0 Å². The van der Waals surface area contributed by atoms with E-state index < -0.39 is 5.97 Å². The second-order valence-corrected chi connectivity index (χ2v) is 5.23. The number of nitrogens with one attached hydrogen (secondary N) is 1. The minimum Gasteiger partial charge on any atom is -0.478 e. The molecule has 0 bridgehead atoms. The van der Waals surface area contributed by atoms with Crippen molar-refractivity contribution in [3.05, 3.63) is 70.2 Å². The van der Waals surface area contributed by atoms with Crippen molar-refractivity contribution in [2.45, 2.75) is 0 Å². The highest BCUT2D eigenvalue weighted by molar-refractivity contribution is 7.71. The van der Waals surface area contributed by atoms with Gasteiger partial charge in [-0.05, 0) is 54.2 Å². The van der Waals surface area contributed by atoms with Gasteiger partial charge in [0.15, 0.2) is 5.82 Å². The summed E-state index contributed by atoms with van der Waals surface area (Å²) in [5, 5.41) is 19.9. The molecular weight excluding hydrogens is 331 g/mol. The summed E-state index contributed by atoms with van der Waals surface area (Å²) < 4.78 is 14.7. The number of aromatic carboxylic acids is 1. The number of hydrogen-bond acceptors (Lipinski definition) is 4. The molecule has 2 aromatic carbocycles. The number of carbonyl (C=O) groups is 1. The zero-order chi connectivity index (χ0) is 17.1. The van der Waals surface area contributed by atoms with E-state index in [-0.39, 0.29) is 16.2 Å². The largest absolute Gasteiger partial charge is 0.478 e. The van der Waals surface area contributed by atoms with Gasteiger partial charge >= 0.3 is 5.97 Å². The minimum atomic E-state index is -0.992. The van der Waals surface area contributed by atoms with Crippen molar-refractivity contribution < 1.29 is 14.3 Å². The molecule has 0 radical (unpaired) electrons. The van der Waals surface area contributed by atoms with E-state index in [9.17, 15) is 9.18 Å². The van der Waals surface area contributed by atoms with Crippen molar-refractivity contribution in [2.75, 3.05) is 0 Å². The van der Waals surface area contributed by atoms with Crippen LogP contribution in [0.15, 0.2) is 53.6 Å². The second-order valence-electron chi connectivity index (χ2n) is 4.84. The molecule has 0 fully saturated rings. The summed E-state index contributed by atoms with van der Waals surface area (Å²) in [6.07, 6.45) is 1.53. The molecule has 1 heterocycles. The number of benzene rings is 2. The van der Waals surface area contributed by atoms with Gasteiger partial charge in [0.1, 0.15) is 5.82 Å². The maximum absolute atomic E-state index is 13.0. The van der Waals surface area contributed by atoms with Gasteiger partial charge in [-0.15, -0.1) is 0 Å². The molecule has 0 atom stereocenters. The third-order valence-corrected chi connectivity index (χ3v) is 3.50. The summed E-state index contributed by atoms with van der Waals surface area (Å²) in [4.78, 5) is 10.8. The third-order valence-electron chi connectivity index (χ3n) is 3.23. The van der Waals surface area contributed by atoms with Crippen LogP contribution < -0.4 is 0 Å². The van der Waals surface area contributed by atoms with E-state index in [0.29, 0.717) is 17.0 Å². The molecule has 3 aromatic rings. The Morgan fingerprint density at radius 3 is 2.50 bits per heavy atom. The van der Waals surface area contributed by atoms with Crippen LogP contribution in [-0.2, 0) is 0 Å². The van der Waals surface area contributed by atoms with Crippen molar-refractivity contribution in [1.82, 2.24) is 14.9 Å². The summed E-state index contributed by atoms with van der Waals surface area (Å²) in [5.74, 6) is -0.894. The van der Waals surface area contributed by atoms with Crippen molar-refractivity contribution in [3.8, 4) is 11.4 Å². The third kappa shape index (κ3) is 3.28. The van der Waals surface area contributed by atoms with Gasteiger partial charge in [-0.1, -0.05) is 12.1 Å². The molecule has 0 aliphatic heterocycles. The van der Waals surface area contributed by atoms with E-state index >= 15 is 0 Å².